The number of carboxylic acids is 1. The molecule has 76 heavy (non-hydrogen) atoms. The Hall–Kier alpha value is -4.34. The van der Waals surface area contributed by atoms with Gasteiger partial charge in [0.25, 0.3) is 0 Å². The van der Waals surface area contributed by atoms with Crippen LogP contribution in [0.4, 0.5) is 0 Å². The molecule has 3 amide bonds. The minimum absolute atomic E-state index is 0. The van der Waals surface area contributed by atoms with Crippen molar-refractivity contribution in [1.82, 2.24) is 15.5 Å². The van der Waals surface area contributed by atoms with Gasteiger partial charge in [-0.2, -0.15) is 0 Å². The Labute approximate surface area is 470 Å². The van der Waals surface area contributed by atoms with E-state index in [9.17, 15) is 29.4 Å². The third kappa shape index (κ3) is 22.9. The molecule has 2 unspecified atom stereocenters. The first-order valence-corrected chi connectivity index (χ1v) is 29.0. The largest absolute Gasteiger partial charge is 1.00 e. The van der Waals surface area contributed by atoms with Crippen molar-refractivity contribution in [2.45, 2.75) is 199 Å². The average Bonchev–Trinajstić information content (AvgIpc) is 3.71. The number of nitrogens with zero attached hydrogens (tertiary/aromatic N) is 1. The summed E-state index contributed by atoms with van der Waals surface area (Å²) < 4.78 is 18.4. The predicted octanol–water partition coefficient (Wildman–Crippen LogP) is 8.77. The molecule has 3 aromatic carbocycles. The maximum atomic E-state index is 13.8. The molecular formula is C63H96LiN3O9. The van der Waals surface area contributed by atoms with Crippen LogP contribution in [0.15, 0.2) is 78.9 Å². The Bertz CT molecular complexity index is 2010. The summed E-state index contributed by atoms with van der Waals surface area (Å²) in [6, 6.07) is 26.1. The minimum atomic E-state index is -1.01. The standard InChI is InChI=1S/C63H97N3O9.Li/c1-61(50-67)48-66(49-62(61,2)51-75-63(52-32-24-23-25-33-52,53-38-42-55(73-3)43-39-53)54-40-44-56(74-4)45-41-54)59(70)36-28-19-14-13-18-27-35-58(69)65-47-30-21-15-9-5-7-11-17-26-34-57(68)64-46-31-22-16-10-6-8-12-20-29-37-60(71)72;/h23-25,32-33,38-45,67H,5-22,26-31,34-37,46-51H2,1-4H3,(H,64,68)(H,65,69)(H,71,72);/q;+1/p-1. The molecule has 0 aromatic heterocycles. The van der Waals surface area contributed by atoms with Crippen molar-refractivity contribution in [3.05, 3.63) is 95.6 Å². The molecule has 1 fully saturated rings. The number of nitrogens with one attached hydrogen (secondary N) is 2. The summed E-state index contributed by atoms with van der Waals surface area (Å²) in [6.07, 6.45) is 27.6. The number of aliphatic hydroxyl groups is 1. The zero-order valence-electron chi connectivity index (χ0n) is 47.7. The molecule has 2 atom stereocenters. The molecule has 0 saturated carbocycles. The predicted molar refractivity (Wildman–Crippen MR) is 298 cm³/mol. The number of benzene rings is 3. The van der Waals surface area contributed by atoms with Gasteiger partial charge in [-0.15, -0.1) is 0 Å². The van der Waals surface area contributed by atoms with Crippen LogP contribution in [0.25, 0.3) is 0 Å². The maximum Gasteiger partial charge on any atom is 1.00 e. The van der Waals surface area contributed by atoms with Crippen LogP contribution in [0.2, 0.25) is 0 Å². The van der Waals surface area contributed by atoms with Gasteiger partial charge in [0.15, 0.2) is 0 Å². The number of rotatable bonds is 42. The number of carboxylic acid groups (broad SMARTS) is 1. The van der Waals surface area contributed by atoms with Gasteiger partial charge in [-0.05, 0) is 85.9 Å². The van der Waals surface area contributed by atoms with Crippen molar-refractivity contribution < 1.29 is 62.5 Å². The van der Waals surface area contributed by atoms with Crippen LogP contribution in [0.5, 0.6) is 11.5 Å². The maximum absolute atomic E-state index is 13.8. The number of aliphatic carboxylic acids is 1. The number of amides is 3. The monoisotopic (exact) mass is 1050 g/mol. The number of unbranched alkanes of at least 4 members (excludes halogenated alkanes) is 21. The molecule has 4 rings (SSSR count). The first-order chi connectivity index (χ1) is 36.4. The number of likely N-dealkylation sites (tertiary alicyclic amines) is 1. The summed E-state index contributed by atoms with van der Waals surface area (Å²) >= 11 is 0. The number of hydrogen-bond donors (Lipinski definition) is 3. The molecule has 1 aliphatic heterocycles. The van der Waals surface area contributed by atoms with E-state index in [1.165, 1.54) is 57.8 Å². The van der Waals surface area contributed by atoms with E-state index in [1.54, 1.807) is 14.2 Å². The Morgan fingerprint density at radius 3 is 1.26 bits per heavy atom. The van der Waals surface area contributed by atoms with Crippen LogP contribution in [-0.2, 0) is 29.5 Å². The summed E-state index contributed by atoms with van der Waals surface area (Å²) in [5.74, 6) is 0.979. The van der Waals surface area contributed by atoms with Gasteiger partial charge >= 0.3 is 18.9 Å². The summed E-state index contributed by atoms with van der Waals surface area (Å²) in [4.78, 5) is 50.8. The van der Waals surface area contributed by atoms with Gasteiger partial charge in [-0.1, -0.05) is 184 Å². The minimum Gasteiger partial charge on any atom is -0.550 e. The molecule has 1 saturated heterocycles. The third-order valence-electron chi connectivity index (χ3n) is 15.8. The van der Waals surface area contributed by atoms with E-state index in [2.05, 4.69) is 36.6 Å². The molecule has 0 aliphatic carbocycles. The van der Waals surface area contributed by atoms with Gasteiger partial charge < -0.3 is 44.8 Å². The van der Waals surface area contributed by atoms with Crippen molar-refractivity contribution in [3.63, 3.8) is 0 Å². The normalized spacial score (nSPS) is 16.2. The Morgan fingerprint density at radius 1 is 0.513 bits per heavy atom. The van der Waals surface area contributed by atoms with E-state index in [0.717, 1.165) is 138 Å². The molecule has 3 aromatic rings. The number of hydrogen-bond acceptors (Lipinski definition) is 9. The molecule has 0 radical (unpaired) electrons. The fourth-order valence-corrected chi connectivity index (χ4v) is 10.6. The van der Waals surface area contributed by atoms with Gasteiger partial charge in [0.1, 0.15) is 17.1 Å². The van der Waals surface area contributed by atoms with Gasteiger partial charge in [-0.3, -0.25) is 14.4 Å². The second kappa shape index (κ2) is 37.5. The molecule has 1 heterocycles. The van der Waals surface area contributed by atoms with E-state index in [1.807, 2.05) is 71.6 Å². The van der Waals surface area contributed by atoms with Crippen LogP contribution in [0.3, 0.4) is 0 Å². The average molecular weight is 1050 g/mol. The number of ether oxygens (including phenoxy) is 3. The molecule has 418 valence electrons. The zero-order valence-corrected chi connectivity index (χ0v) is 47.7. The van der Waals surface area contributed by atoms with Gasteiger partial charge in [-0.25, -0.2) is 0 Å². The quantitative estimate of drug-likeness (QED) is 0.0286. The molecule has 0 bridgehead atoms. The topological polar surface area (TPSA) is 167 Å². The smallest absolute Gasteiger partial charge is 0.550 e. The van der Waals surface area contributed by atoms with Gasteiger partial charge in [0.2, 0.25) is 17.7 Å². The molecule has 1 aliphatic rings. The summed E-state index contributed by atoms with van der Waals surface area (Å²) in [7, 11) is 3.31. The molecule has 12 nitrogen and oxygen atoms in total. The van der Waals surface area contributed by atoms with Crippen molar-refractivity contribution >= 4 is 23.7 Å². The van der Waals surface area contributed by atoms with Crippen molar-refractivity contribution in [2.75, 3.05) is 53.6 Å². The number of carbonyl (C=O) groups excluding carboxylic acids is 4. The first kappa shape index (κ1) is 65.9. The van der Waals surface area contributed by atoms with Crippen LogP contribution in [0, 0.1) is 10.8 Å². The number of aliphatic hydroxyl groups excluding tert-OH is 1. The fraction of sp³-hybridized carbons (Fsp3) is 0.651. The van der Waals surface area contributed by atoms with Crippen molar-refractivity contribution in [3.8, 4) is 11.5 Å². The van der Waals surface area contributed by atoms with Crippen LogP contribution >= 0.6 is 0 Å². The number of methoxy groups -OCH3 is 2. The fourth-order valence-electron chi connectivity index (χ4n) is 10.6. The van der Waals surface area contributed by atoms with E-state index >= 15 is 0 Å². The Morgan fingerprint density at radius 2 is 0.868 bits per heavy atom. The third-order valence-corrected chi connectivity index (χ3v) is 15.8. The summed E-state index contributed by atoms with van der Waals surface area (Å²) in [6.45, 7) is 6.89. The van der Waals surface area contributed by atoms with E-state index in [4.69, 9.17) is 14.2 Å². The summed E-state index contributed by atoms with van der Waals surface area (Å²) in [5.41, 5.74) is 0.680. The Balaban J connectivity index is 0.0000152. The van der Waals surface area contributed by atoms with Gasteiger partial charge in [0.05, 0.1) is 27.4 Å². The first-order valence-electron chi connectivity index (χ1n) is 29.0. The van der Waals surface area contributed by atoms with E-state index < -0.39 is 22.4 Å². The van der Waals surface area contributed by atoms with Gasteiger partial charge in [0, 0.05) is 62.2 Å². The second-order valence-corrected chi connectivity index (χ2v) is 21.9. The summed E-state index contributed by atoms with van der Waals surface area (Å²) in [5, 5.41) is 27.5. The van der Waals surface area contributed by atoms with Crippen LogP contribution in [0.1, 0.15) is 210 Å². The number of carbonyl (C=O) groups is 4. The Kier molecular flexibility index (Phi) is 32.5. The van der Waals surface area contributed by atoms with E-state index in [0.29, 0.717) is 32.4 Å². The van der Waals surface area contributed by atoms with Crippen LogP contribution < -0.4 is 44.1 Å². The SMILES string of the molecule is COc1ccc(C(OCC2(C)CN(C(=O)CCCCCCCCC(=O)NCCCCCCCCCCCC(=O)NCCCCCCCCCCCC(=O)[O-])CC2(C)CO)(c2ccccc2)c2ccc(OC)cc2)cc1.[Li+]. The molecular weight excluding hydrogens is 950 g/mol. The molecule has 3 N–H and O–H groups in total. The van der Waals surface area contributed by atoms with E-state index in [-0.39, 0.29) is 56.2 Å². The zero-order chi connectivity index (χ0) is 54.0. The molecule has 0 spiro atoms. The van der Waals surface area contributed by atoms with Crippen molar-refractivity contribution in [1.29, 1.82) is 0 Å². The molecule has 13 heteroatoms. The van der Waals surface area contributed by atoms with Crippen molar-refractivity contribution in [2.24, 2.45) is 10.8 Å². The van der Waals surface area contributed by atoms with Crippen LogP contribution in [-0.4, -0.2) is 87.3 Å². The second-order valence-electron chi connectivity index (χ2n) is 21.9.